The standard InChI is InChI=1S/C19H23NO5/c1-5-6-9-20-12(2)17(19(23)25-4)14(18(20)22)10-13-7-8-15(21)16(11-13)24-3/h7-8,10-11,21H,5-6,9H2,1-4H3/b14-10-. The molecular formula is C19H23NO5. The van der Waals surface area contributed by atoms with E-state index in [9.17, 15) is 14.7 Å². The van der Waals surface area contributed by atoms with E-state index < -0.39 is 5.97 Å². The number of nitrogens with zero attached hydrogens (tertiary/aromatic N) is 1. The lowest BCUT2D eigenvalue weighted by atomic mass is 10.0. The molecule has 0 fully saturated rings. The van der Waals surface area contributed by atoms with Crippen molar-refractivity contribution >= 4 is 18.0 Å². The molecule has 1 heterocycles. The maximum atomic E-state index is 12.8. The predicted octanol–water partition coefficient (Wildman–Crippen LogP) is 2.87. The zero-order valence-corrected chi connectivity index (χ0v) is 15.0. The summed E-state index contributed by atoms with van der Waals surface area (Å²) in [6.45, 7) is 4.34. The molecule has 2 rings (SSSR count). The van der Waals surface area contributed by atoms with Gasteiger partial charge in [-0.1, -0.05) is 19.4 Å². The van der Waals surface area contributed by atoms with Gasteiger partial charge in [0.05, 0.1) is 25.4 Å². The van der Waals surface area contributed by atoms with Crippen LogP contribution < -0.4 is 4.74 Å². The van der Waals surface area contributed by atoms with Gasteiger partial charge in [0, 0.05) is 12.2 Å². The number of ether oxygens (including phenoxy) is 2. The first kappa shape index (κ1) is 18.6. The van der Waals surface area contributed by atoms with Gasteiger partial charge < -0.3 is 19.5 Å². The summed E-state index contributed by atoms with van der Waals surface area (Å²) in [6, 6.07) is 4.74. The maximum Gasteiger partial charge on any atom is 0.340 e. The molecule has 134 valence electrons. The number of carbonyl (C=O) groups excluding carboxylic acids is 2. The summed E-state index contributed by atoms with van der Waals surface area (Å²) < 4.78 is 9.95. The van der Waals surface area contributed by atoms with Gasteiger partial charge in [-0.2, -0.15) is 0 Å². The van der Waals surface area contributed by atoms with Gasteiger partial charge in [-0.3, -0.25) is 4.79 Å². The smallest absolute Gasteiger partial charge is 0.340 e. The molecular weight excluding hydrogens is 322 g/mol. The van der Waals surface area contributed by atoms with Crippen molar-refractivity contribution in [1.29, 1.82) is 0 Å². The molecule has 0 aliphatic carbocycles. The molecule has 0 unspecified atom stereocenters. The Morgan fingerprint density at radius 3 is 2.64 bits per heavy atom. The fourth-order valence-electron chi connectivity index (χ4n) is 2.76. The van der Waals surface area contributed by atoms with Gasteiger partial charge >= 0.3 is 5.97 Å². The number of phenolic OH excluding ortho intramolecular Hbond substituents is 1. The van der Waals surface area contributed by atoms with Crippen LogP contribution in [0.1, 0.15) is 32.3 Å². The second kappa shape index (κ2) is 7.88. The van der Waals surface area contributed by atoms with Gasteiger partial charge in [-0.05, 0) is 37.1 Å². The first-order chi connectivity index (χ1) is 11.9. The number of allylic oxidation sites excluding steroid dienone is 1. The highest BCUT2D eigenvalue weighted by molar-refractivity contribution is 6.16. The Morgan fingerprint density at radius 2 is 2.04 bits per heavy atom. The van der Waals surface area contributed by atoms with Gasteiger partial charge in [0.2, 0.25) is 0 Å². The number of esters is 1. The minimum Gasteiger partial charge on any atom is -0.504 e. The van der Waals surface area contributed by atoms with Crippen molar-refractivity contribution in [3.63, 3.8) is 0 Å². The van der Waals surface area contributed by atoms with Crippen LogP contribution in [0.15, 0.2) is 35.0 Å². The van der Waals surface area contributed by atoms with Gasteiger partial charge in [0.1, 0.15) is 0 Å². The van der Waals surface area contributed by atoms with Crippen LogP contribution in [-0.2, 0) is 14.3 Å². The molecule has 0 saturated carbocycles. The lowest BCUT2D eigenvalue weighted by Crippen LogP contribution is -2.26. The number of aromatic hydroxyl groups is 1. The van der Waals surface area contributed by atoms with Crippen molar-refractivity contribution in [3.8, 4) is 11.5 Å². The Bertz CT molecular complexity index is 748. The number of carbonyl (C=O) groups is 2. The average Bonchev–Trinajstić information content (AvgIpc) is 2.84. The molecule has 0 spiro atoms. The fraction of sp³-hybridized carbons (Fsp3) is 0.368. The second-order valence-electron chi connectivity index (χ2n) is 5.75. The molecule has 1 amide bonds. The normalized spacial score (nSPS) is 15.9. The van der Waals surface area contributed by atoms with Crippen LogP contribution >= 0.6 is 0 Å². The minimum atomic E-state index is -0.540. The van der Waals surface area contributed by atoms with E-state index in [1.165, 1.54) is 20.3 Å². The van der Waals surface area contributed by atoms with Crippen LogP contribution in [-0.4, -0.2) is 42.6 Å². The molecule has 1 N–H and O–H groups in total. The van der Waals surface area contributed by atoms with E-state index in [1.54, 1.807) is 30.0 Å². The summed E-state index contributed by atoms with van der Waals surface area (Å²) in [7, 11) is 2.74. The topological polar surface area (TPSA) is 76.1 Å². The highest BCUT2D eigenvalue weighted by Crippen LogP contribution is 2.33. The van der Waals surface area contributed by atoms with Crippen LogP contribution in [0, 0.1) is 0 Å². The number of benzene rings is 1. The Kier molecular flexibility index (Phi) is 5.85. The summed E-state index contributed by atoms with van der Waals surface area (Å²) in [5.41, 5.74) is 1.80. The molecule has 0 atom stereocenters. The molecule has 25 heavy (non-hydrogen) atoms. The van der Waals surface area contributed by atoms with Crippen molar-refractivity contribution in [3.05, 3.63) is 40.6 Å². The fourth-order valence-corrected chi connectivity index (χ4v) is 2.76. The van der Waals surface area contributed by atoms with Crippen LogP contribution in [0.4, 0.5) is 0 Å². The largest absolute Gasteiger partial charge is 0.504 e. The third-order valence-electron chi connectivity index (χ3n) is 4.15. The molecule has 6 nitrogen and oxygen atoms in total. The molecule has 0 radical (unpaired) electrons. The Hall–Kier alpha value is -2.76. The summed E-state index contributed by atoms with van der Waals surface area (Å²) in [5.74, 6) is -0.463. The third kappa shape index (κ3) is 3.68. The summed E-state index contributed by atoms with van der Waals surface area (Å²) in [5, 5.41) is 9.70. The Morgan fingerprint density at radius 1 is 1.32 bits per heavy atom. The van der Waals surface area contributed by atoms with E-state index in [-0.39, 0.29) is 22.8 Å². The van der Waals surface area contributed by atoms with Crippen molar-refractivity contribution in [1.82, 2.24) is 4.90 Å². The number of amides is 1. The molecule has 1 aliphatic rings. The molecule has 0 bridgehead atoms. The number of hydrogen-bond acceptors (Lipinski definition) is 5. The van der Waals surface area contributed by atoms with Crippen molar-refractivity contribution in [2.45, 2.75) is 26.7 Å². The molecule has 1 aliphatic heterocycles. The van der Waals surface area contributed by atoms with Crippen LogP contribution in [0.25, 0.3) is 6.08 Å². The molecule has 0 saturated heterocycles. The van der Waals surface area contributed by atoms with Gasteiger partial charge in [0.25, 0.3) is 5.91 Å². The number of hydrogen-bond donors (Lipinski definition) is 1. The number of rotatable bonds is 6. The predicted molar refractivity (Wildman–Crippen MR) is 94.0 cm³/mol. The van der Waals surface area contributed by atoms with Gasteiger partial charge in [-0.15, -0.1) is 0 Å². The highest BCUT2D eigenvalue weighted by atomic mass is 16.5. The van der Waals surface area contributed by atoms with E-state index in [2.05, 4.69) is 0 Å². The molecule has 0 aromatic heterocycles. The number of unbranched alkanes of at least 4 members (excludes halogenated alkanes) is 1. The van der Waals surface area contributed by atoms with Gasteiger partial charge in [-0.25, -0.2) is 4.79 Å². The van der Waals surface area contributed by atoms with E-state index in [4.69, 9.17) is 9.47 Å². The molecule has 1 aromatic carbocycles. The summed E-state index contributed by atoms with van der Waals surface area (Å²) in [4.78, 5) is 26.6. The van der Waals surface area contributed by atoms with E-state index in [1.807, 2.05) is 6.92 Å². The van der Waals surface area contributed by atoms with E-state index in [0.29, 0.717) is 23.6 Å². The molecule has 1 aromatic rings. The van der Waals surface area contributed by atoms with Gasteiger partial charge in [0.15, 0.2) is 11.5 Å². The van der Waals surface area contributed by atoms with Crippen LogP contribution in [0.2, 0.25) is 0 Å². The summed E-state index contributed by atoms with van der Waals surface area (Å²) in [6.07, 6.45) is 3.41. The SMILES string of the molecule is CCCCN1C(=O)/C(=C\c2ccc(O)c(OC)c2)C(C(=O)OC)=C1C. The maximum absolute atomic E-state index is 12.8. The second-order valence-corrected chi connectivity index (χ2v) is 5.75. The number of methoxy groups -OCH3 is 2. The quantitative estimate of drug-likeness (QED) is 0.634. The summed E-state index contributed by atoms with van der Waals surface area (Å²) >= 11 is 0. The first-order valence-electron chi connectivity index (χ1n) is 8.14. The van der Waals surface area contributed by atoms with Crippen molar-refractivity contribution in [2.24, 2.45) is 0 Å². The molecule has 6 heteroatoms. The van der Waals surface area contributed by atoms with E-state index >= 15 is 0 Å². The lowest BCUT2D eigenvalue weighted by Gasteiger charge is -2.17. The monoisotopic (exact) mass is 345 g/mol. The average molecular weight is 345 g/mol. The minimum absolute atomic E-state index is 0.00637. The third-order valence-corrected chi connectivity index (χ3v) is 4.15. The highest BCUT2D eigenvalue weighted by Gasteiger charge is 2.36. The van der Waals surface area contributed by atoms with E-state index in [0.717, 1.165) is 12.8 Å². The zero-order valence-electron chi connectivity index (χ0n) is 15.0. The first-order valence-corrected chi connectivity index (χ1v) is 8.14. The van der Waals surface area contributed by atoms with Crippen molar-refractivity contribution in [2.75, 3.05) is 20.8 Å². The zero-order chi connectivity index (χ0) is 18.6. The van der Waals surface area contributed by atoms with Crippen LogP contribution in [0.3, 0.4) is 0 Å². The lowest BCUT2D eigenvalue weighted by molar-refractivity contribution is -0.136. The Balaban J connectivity index is 2.50. The Labute approximate surface area is 147 Å². The van der Waals surface area contributed by atoms with Crippen molar-refractivity contribution < 1.29 is 24.2 Å². The number of phenols is 1. The van der Waals surface area contributed by atoms with Crippen LogP contribution in [0.5, 0.6) is 11.5 Å².